The molecule has 2 atom stereocenters. The van der Waals surface area contributed by atoms with Crippen molar-refractivity contribution in [1.82, 2.24) is 34.4 Å². The Kier molecular flexibility index (Phi) is 17.4. The van der Waals surface area contributed by atoms with Crippen molar-refractivity contribution in [3.8, 4) is 22.5 Å². The van der Waals surface area contributed by atoms with Gasteiger partial charge < -0.3 is 36.9 Å². The van der Waals surface area contributed by atoms with Gasteiger partial charge in [0.1, 0.15) is 28.4 Å². The maximum Gasteiger partial charge on any atom is 0.407 e. The van der Waals surface area contributed by atoms with Crippen LogP contribution in [0.4, 0.5) is 28.1 Å². The van der Waals surface area contributed by atoms with Crippen LogP contribution in [0.1, 0.15) is 73.3 Å². The molecular formula is C59H58N12O9. The summed E-state index contributed by atoms with van der Waals surface area (Å²) in [6, 6.07) is 39.0. The van der Waals surface area contributed by atoms with Crippen molar-refractivity contribution in [1.29, 1.82) is 0 Å². The third-order valence-electron chi connectivity index (χ3n) is 12.5. The molecule has 408 valence electrons. The maximum atomic E-state index is 13.6. The van der Waals surface area contributed by atoms with E-state index in [-0.39, 0.29) is 51.8 Å². The fourth-order valence-electron chi connectivity index (χ4n) is 8.57. The molecule has 0 bridgehead atoms. The van der Waals surface area contributed by atoms with E-state index >= 15 is 0 Å². The van der Waals surface area contributed by atoms with Gasteiger partial charge in [0.15, 0.2) is 0 Å². The Hall–Kier alpha value is -10.2. The number of amides is 3. The van der Waals surface area contributed by atoms with E-state index in [0.717, 1.165) is 16.0 Å². The molecule has 2 aliphatic heterocycles. The summed E-state index contributed by atoms with van der Waals surface area (Å²) in [4.78, 5) is 105. The number of pyridine rings is 2. The SMILES string of the molecule is Cn1c(NC[C@@H](N)Cc2ccccc2)nc(-c2ccncc2)c(N2C(=O)c3ccccc3C2=O)c1=O.Cn1c(NC[C@H](Cc2ccccc2)NC(=O)OC(C)(C)C)nc(-c2ccncc2)c(N)c1=O.O=C1OC(=O)c2ccccc21. The van der Waals surface area contributed by atoms with E-state index in [1.807, 2.05) is 81.4 Å². The van der Waals surface area contributed by atoms with E-state index in [0.29, 0.717) is 59.8 Å². The highest BCUT2D eigenvalue weighted by molar-refractivity contribution is 6.35. The molecule has 80 heavy (non-hydrogen) atoms. The molecule has 0 unspecified atom stereocenters. The van der Waals surface area contributed by atoms with Gasteiger partial charge in [0, 0.05) is 69.1 Å². The number of nitrogens with zero attached hydrogens (tertiary/aromatic N) is 7. The molecule has 21 nitrogen and oxygen atoms in total. The van der Waals surface area contributed by atoms with Crippen LogP contribution in [-0.4, -0.2) is 89.7 Å². The zero-order chi connectivity index (χ0) is 57.1. The Labute approximate surface area is 459 Å². The molecule has 8 aromatic rings. The fourth-order valence-corrected chi connectivity index (χ4v) is 8.57. The number of benzene rings is 4. The third-order valence-corrected chi connectivity index (χ3v) is 12.5. The molecule has 2 aliphatic rings. The van der Waals surface area contributed by atoms with Crippen molar-refractivity contribution in [3.05, 3.63) is 212 Å². The molecule has 4 aromatic carbocycles. The third kappa shape index (κ3) is 13.3. The quantitative estimate of drug-likeness (QED) is 0.0436. The topological polar surface area (TPSA) is 291 Å². The van der Waals surface area contributed by atoms with Crippen LogP contribution in [0, 0.1) is 0 Å². The van der Waals surface area contributed by atoms with Crippen LogP contribution in [0.25, 0.3) is 22.5 Å². The van der Waals surface area contributed by atoms with Gasteiger partial charge in [0.05, 0.1) is 28.3 Å². The predicted octanol–water partition coefficient (Wildman–Crippen LogP) is 6.59. The van der Waals surface area contributed by atoms with Gasteiger partial charge in [-0.2, -0.15) is 0 Å². The number of esters is 2. The van der Waals surface area contributed by atoms with Crippen LogP contribution >= 0.6 is 0 Å². The molecule has 4 aromatic heterocycles. The number of cyclic esters (lactones) is 2. The van der Waals surface area contributed by atoms with Gasteiger partial charge in [0.2, 0.25) is 11.9 Å². The zero-order valence-corrected chi connectivity index (χ0v) is 44.5. The van der Waals surface area contributed by atoms with E-state index < -0.39 is 41.0 Å². The summed E-state index contributed by atoms with van der Waals surface area (Å²) in [6.07, 6.45) is 7.04. The van der Waals surface area contributed by atoms with Crippen LogP contribution in [0.15, 0.2) is 168 Å². The summed E-state index contributed by atoms with van der Waals surface area (Å²) >= 11 is 0. The summed E-state index contributed by atoms with van der Waals surface area (Å²) in [5, 5.41) is 9.27. The zero-order valence-electron chi connectivity index (χ0n) is 44.5. The van der Waals surface area contributed by atoms with E-state index in [4.69, 9.17) is 16.2 Å². The van der Waals surface area contributed by atoms with Crippen molar-refractivity contribution < 1.29 is 33.4 Å². The lowest BCUT2D eigenvalue weighted by atomic mass is 10.1. The number of anilines is 4. The van der Waals surface area contributed by atoms with Gasteiger partial charge in [-0.05, 0) is 93.3 Å². The number of ether oxygens (including phenoxy) is 2. The standard InChI is InChI=1S/C27H24N6O3.C24H30N6O3.C8H4O3/c1-32-26(36)23(33-24(34)20-9-5-6-10-21(20)25(33)35)22(18-11-13-29-14-12-18)31-27(32)30-16-19(28)15-17-7-3-2-4-8-17;1-24(2,3)33-23(32)28-18(14-16-8-6-5-7-9-16)15-27-22-29-20(17-10-12-26-13-11-17)19(25)21(31)30(22)4;9-7-5-3-1-2-4-6(5)8(10)11-7/h2-14,19H,15-16,28H2,1H3,(H,30,31);5-13,18H,14-15,25H2,1-4H3,(H,27,29)(H,28,32);1-4H/t19-;18-;/m00./s1. The van der Waals surface area contributed by atoms with Crippen molar-refractivity contribution in [2.75, 3.05) is 34.4 Å². The highest BCUT2D eigenvalue weighted by Crippen LogP contribution is 2.33. The highest BCUT2D eigenvalue weighted by atomic mass is 16.6. The number of hydrogen-bond acceptors (Lipinski definition) is 17. The molecule has 10 rings (SSSR count). The first-order valence-corrected chi connectivity index (χ1v) is 25.3. The number of hydrogen-bond donors (Lipinski definition) is 5. The number of rotatable bonds is 14. The van der Waals surface area contributed by atoms with Crippen LogP contribution in [0.3, 0.4) is 0 Å². The second kappa shape index (κ2) is 24.9. The maximum absolute atomic E-state index is 13.6. The number of imide groups is 1. The van der Waals surface area contributed by atoms with Gasteiger partial charge >= 0.3 is 18.0 Å². The van der Waals surface area contributed by atoms with Gasteiger partial charge in [-0.15, -0.1) is 0 Å². The normalized spacial score (nSPS) is 13.1. The van der Waals surface area contributed by atoms with Crippen molar-refractivity contribution in [2.45, 2.75) is 51.3 Å². The minimum absolute atomic E-state index is 0.0574. The molecule has 0 saturated heterocycles. The number of nitrogens with two attached hydrogens (primary N) is 2. The highest BCUT2D eigenvalue weighted by Gasteiger charge is 2.40. The fraction of sp³-hybridized carbons (Fsp3) is 0.203. The summed E-state index contributed by atoms with van der Waals surface area (Å²) in [5.74, 6) is -1.61. The first kappa shape index (κ1) is 56.1. The molecule has 0 saturated carbocycles. The average molecular weight is 1080 g/mol. The molecule has 0 aliphatic carbocycles. The van der Waals surface area contributed by atoms with Crippen LogP contribution in [0.5, 0.6) is 0 Å². The number of aromatic nitrogens is 6. The largest absolute Gasteiger partial charge is 0.444 e. The Morgan fingerprint density at radius 2 is 1.02 bits per heavy atom. The second-order valence-corrected chi connectivity index (χ2v) is 19.5. The molecule has 0 spiro atoms. The Balaban J connectivity index is 0.000000177. The van der Waals surface area contributed by atoms with E-state index in [9.17, 15) is 33.6 Å². The van der Waals surface area contributed by atoms with E-state index in [1.54, 1.807) is 112 Å². The Bertz CT molecular complexity index is 3620. The molecule has 7 N–H and O–H groups in total. The summed E-state index contributed by atoms with van der Waals surface area (Å²) in [5.41, 5.74) is 16.0. The summed E-state index contributed by atoms with van der Waals surface area (Å²) < 4.78 is 12.4. The number of nitrogen functional groups attached to an aromatic ring is 1. The Morgan fingerprint density at radius 3 is 1.54 bits per heavy atom. The van der Waals surface area contributed by atoms with Crippen molar-refractivity contribution in [3.63, 3.8) is 0 Å². The molecule has 0 radical (unpaired) electrons. The lowest BCUT2D eigenvalue weighted by Crippen LogP contribution is -2.44. The van der Waals surface area contributed by atoms with Crippen molar-refractivity contribution in [2.24, 2.45) is 19.8 Å². The van der Waals surface area contributed by atoms with E-state index in [1.165, 1.54) is 9.13 Å². The first-order chi connectivity index (χ1) is 38.4. The first-order valence-electron chi connectivity index (χ1n) is 25.3. The molecule has 3 amide bonds. The van der Waals surface area contributed by atoms with Crippen LogP contribution in [-0.2, 0) is 36.4 Å². The summed E-state index contributed by atoms with van der Waals surface area (Å²) in [6.45, 7) is 6.11. The Morgan fingerprint density at radius 1 is 0.588 bits per heavy atom. The molecule has 6 heterocycles. The summed E-state index contributed by atoms with van der Waals surface area (Å²) in [7, 11) is 3.14. The number of carbonyl (C=O) groups excluding carboxylic acids is 5. The molecule has 0 fully saturated rings. The van der Waals surface area contributed by atoms with Gasteiger partial charge in [-0.1, -0.05) is 84.9 Å². The number of nitrogens with one attached hydrogen (secondary N) is 3. The van der Waals surface area contributed by atoms with Gasteiger partial charge in [-0.25, -0.2) is 29.3 Å². The monoisotopic (exact) mass is 1080 g/mol. The smallest absolute Gasteiger partial charge is 0.407 e. The number of carbonyl (C=O) groups is 5. The number of fused-ring (bicyclic) bond motifs is 2. The van der Waals surface area contributed by atoms with Crippen molar-refractivity contribution >= 4 is 53.1 Å². The second-order valence-electron chi connectivity index (χ2n) is 19.5. The molecular weight excluding hydrogens is 1020 g/mol. The van der Waals surface area contributed by atoms with E-state index in [2.05, 4.69) is 40.6 Å². The lowest BCUT2D eigenvalue weighted by molar-refractivity contribution is 0.0440. The average Bonchev–Trinajstić information content (AvgIpc) is 3.93. The lowest BCUT2D eigenvalue weighted by Gasteiger charge is -2.24. The minimum Gasteiger partial charge on any atom is -0.444 e. The van der Waals surface area contributed by atoms with Gasteiger partial charge in [0.25, 0.3) is 22.9 Å². The minimum atomic E-state index is -0.614. The van der Waals surface area contributed by atoms with Gasteiger partial charge in [-0.3, -0.25) is 38.3 Å². The predicted molar refractivity (Wildman–Crippen MR) is 302 cm³/mol. The number of alkyl carbamates (subject to hydrolysis) is 1. The molecule has 21 heteroatoms. The van der Waals surface area contributed by atoms with Crippen LogP contribution in [0.2, 0.25) is 0 Å². The van der Waals surface area contributed by atoms with Crippen LogP contribution < -0.4 is 43.4 Å².